The Morgan fingerprint density at radius 2 is 1.95 bits per heavy atom. The van der Waals surface area contributed by atoms with Crippen LogP contribution in [-0.2, 0) is 6.54 Å². The molecule has 1 aliphatic rings. The quantitative estimate of drug-likeness (QED) is 0.886. The van der Waals surface area contributed by atoms with Crippen molar-refractivity contribution >= 4 is 0 Å². The molecule has 3 nitrogen and oxygen atoms in total. The van der Waals surface area contributed by atoms with Crippen LogP contribution in [0.25, 0.3) is 0 Å². The minimum Gasteiger partial charge on any atom is -0.493 e. The average molecular weight is 262 g/mol. The number of nitrogens with zero attached hydrogens (tertiary/aromatic N) is 1. The van der Waals surface area contributed by atoms with Gasteiger partial charge in [-0.3, -0.25) is 4.90 Å². The van der Waals surface area contributed by atoms with Gasteiger partial charge in [-0.1, -0.05) is 32.9 Å². The summed E-state index contributed by atoms with van der Waals surface area (Å²) < 4.78 is 5.69. The molecule has 0 bridgehead atoms. The Morgan fingerprint density at radius 3 is 2.47 bits per heavy atom. The fourth-order valence-corrected chi connectivity index (χ4v) is 2.44. The molecule has 1 aliphatic heterocycles. The summed E-state index contributed by atoms with van der Waals surface area (Å²) in [7, 11) is 0. The van der Waals surface area contributed by atoms with Crippen LogP contribution in [0, 0.1) is 11.8 Å². The van der Waals surface area contributed by atoms with E-state index in [0.717, 1.165) is 32.0 Å². The van der Waals surface area contributed by atoms with E-state index in [0.29, 0.717) is 17.9 Å². The molecule has 1 aromatic carbocycles. The summed E-state index contributed by atoms with van der Waals surface area (Å²) in [4.78, 5) is 2.43. The summed E-state index contributed by atoms with van der Waals surface area (Å²) in [5, 5.41) is 0. The van der Waals surface area contributed by atoms with E-state index in [1.54, 1.807) is 0 Å². The Labute approximate surface area is 116 Å². The van der Waals surface area contributed by atoms with Crippen molar-refractivity contribution in [2.75, 3.05) is 19.7 Å². The Bertz CT molecular complexity index is 378. The molecule has 0 radical (unpaired) electrons. The molecular weight excluding hydrogens is 236 g/mol. The summed E-state index contributed by atoms with van der Waals surface area (Å²) >= 11 is 0. The SMILES string of the molecule is CC(C)COc1ccc(CN2CC(C)C(N)C2)cc1. The van der Waals surface area contributed by atoms with Gasteiger partial charge in [-0.15, -0.1) is 0 Å². The van der Waals surface area contributed by atoms with Gasteiger partial charge in [0.05, 0.1) is 6.61 Å². The molecule has 0 aromatic heterocycles. The molecule has 0 saturated carbocycles. The van der Waals surface area contributed by atoms with Crippen molar-refractivity contribution in [3.63, 3.8) is 0 Å². The number of likely N-dealkylation sites (tertiary alicyclic amines) is 1. The predicted octanol–water partition coefficient (Wildman–Crippen LogP) is 2.50. The van der Waals surface area contributed by atoms with Crippen LogP contribution in [-0.4, -0.2) is 30.6 Å². The minimum absolute atomic E-state index is 0.327. The van der Waals surface area contributed by atoms with Gasteiger partial charge in [-0.05, 0) is 29.5 Å². The molecule has 0 aliphatic carbocycles. The van der Waals surface area contributed by atoms with Crippen LogP contribution in [0.5, 0.6) is 5.75 Å². The van der Waals surface area contributed by atoms with E-state index in [1.807, 2.05) is 0 Å². The van der Waals surface area contributed by atoms with Crippen molar-refractivity contribution in [1.82, 2.24) is 4.90 Å². The van der Waals surface area contributed by atoms with Crippen molar-refractivity contribution in [3.05, 3.63) is 29.8 Å². The molecule has 1 saturated heterocycles. The molecule has 106 valence electrons. The zero-order chi connectivity index (χ0) is 13.8. The summed E-state index contributed by atoms with van der Waals surface area (Å²) in [6.45, 7) is 10.4. The van der Waals surface area contributed by atoms with E-state index in [-0.39, 0.29) is 0 Å². The Morgan fingerprint density at radius 1 is 1.26 bits per heavy atom. The zero-order valence-corrected chi connectivity index (χ0v) is 12.3. The smallest absolute Gasteiger partial charge is 0.119 e. The summed E-state index contributed by atoms with van der Waals surface area (Å²) in [6, 6.07) is 8.77. The number of rotatable bonds is 5. The molecule has 1 aromatic rings. The number of benzene rings is 1. The Kier molecular flexibility index (Phi) is 4.83. The molecule has 1 heterocycles. The zero-order valence-electron chi connectivity index (χ0n) is 12.3. The highest BCUT2D eigenvalue weighted by Crippen LogP contribution is 2.19. The van der Waals surface area contributed by atoms with Crippen molar-refractivity contribution in [2.24, 2.45) is 17.6 Å². The normalized spacial score (nSPS) is 24.1. The van der Waals surface area contributed by atoms with Gasteiger partial charge in [-0.2, -0.15) is 0 Å². The van der Waals surface area contributed by atoms with Gasteiger partial charge in [-0.25, -0.2) is 0 Å². The van der Waals surface area contributed by atoms with Crippen molar-refractivity contribution in [1.29, 1.82) is 0 Å². The second-order valence-electron chi connectivity index (χ2n) is 6.18. The van der Waals surface area contributed by atoms with Crippen LogP contribution in [0.3, 0.4) is 0 Å². The largest absolute Gasteiger partial charge is 0.493 e. The number of hydrogen-bond acceptors (Lipinski definition) is 3. The fraction of sp³-hybridized carbons (Fsp3) is 0.625. The lowest BCUT2D eigenvalue weighted by atomic mass is 10.1. The van der Waals surface area contributed by atoms with Gasteiger partial charge in [0.2, 0.25) is 0 Å². The number of ether oxygens (including phenoxy) is 1. The van der Waals surface area contributed by atoms with Crippen LogP contribution in [0.15, 0.2) is 24.3 Å². The lowest BCUT2D eigenvalue weighted by molar-refractivity contribution is 0.270. The van der Waals surface area contributed by atoms with Gasteiger partial charge in [0.1, 0.15) is 5.75 Å². The first kappa shape index (κ1) is 14.4. The van der Waals surface area contributed by atoms with Gasteiger partial charge in [0.15, 0.2) is 0 Å². The third kappa shape index (κ3) is 4.22. The van der Waals surface area contributed by atoms with Crippen molar-refractivity contribution < 1.29 is 4.74 Å². The fourth-order valence-electron chi connectivity index (χ4n) is 2.44. The predicted molar refractivity (Wildman–Crippen MR) is 79.2 cm³/mol. The first-order valence-electron chi connectivity index (χ1n) is 7.24. The Hall–Kier alpha value is -1.06. The summed E-state index contributed by atoms with van der Waals surface area (Å²) in [5.74, 6) is 2.13. The first-order valence-corrected chi connectivity index (χ1v) is 7.24. The van der Waals surface area contributed by atoms with Gasteiger partial charge in [0, 0.05) is 25.7 Å². The lowest BCUT2D eigenvalue weighted by Gasteiger charge is -2.15. The van der Waals surface area contributed by atoms with E-state index in [9.17, 15) is 0 Å². The maximum atomic E-state index is 6.05. The van der Waals surface area contributed by atoms with E-state index in [4.69, 9.17) is 10.5 Å². The third-order valence-electron chi connectivity index (χ3n) is 3.66. The monoisotopic (exact) mass is 262 g/mol. The molecule has 1 fully saturated rings. The average Bonchev–Trinajstić information content (AvgIpc) is 2.67. The second-order valence-corrected chi connectivity index (χ2v) is 6.18. The maximum Gasteiger partial charge on any atom is 0.119 e. The van der Waals surface area contributed by atoms with Crippen LogP contribution < -0.4 is 10.5 Å². The molecule has 2 unspecified atom stereocenters. The number of nitrogens with two attached hydrogens (primary N) is 1. The minimum atomic E-state index is 0.327. The van der Waals surface area contributed by atoms with E-state index in [1.165, 1.54) is 5.56 Å². The molecular formula is C16H26N2O. The highest BCUT2D eigenvalue weighted by Gasteiger charge is 2.26. The lowest BCUT2D eigenvalue weighted by Crippen LogP contribution is -2.28. The third-order valence-corrected chi connectivity index (χ3v) is 3.66. The topological polar surface area (TPSA) is 38.5 Å². The first-order chi connectivity index (χ1) is 9.04. The molecule has 0 amide bonds. The molecule has 2 rings (SSSR count). The summed E-state index contributed by atoms with van der Waals surface area (Å²) in [6.07, 6.45) is 0. The molecule has 2 N–H and O–H groups in total. The van der Waals surface area contributed by atoms with Crippen LogP contribution >= 0.6 is 0 Å². The maximum absolute atomic E-state index is 6.05. The van der Waals surface area contributed by atoms with E-state index in [2.05, 4.69) is 49.9 Å². The Balaban J connectivity index is 1.85. The molecule has 19 heavy (non-hydrogen) atoms. The van der Waals surface area contributed by atoms with Crippen LogP contribution in [0.1, 0.15) is 26.3 Å². The molecule has 0 spiro atoms. The molecule has 2 atom stereocenters. The van der Waals surface area contributed by atoms with Crippen molar-refractivity contribution in [2.45, 2.75) is 33.4 Å². The highest BCUT2D eigenvalue weighted by molar-refractivity contribution is 5.27. The van der Waals surface area contributed by atoms with Crippen LogP contribution in [0.2, 0.25) is 0 Å². The highest BCUT2D eigenvalue weighted by atomic mass is 16.5. The van der Waals surface area contributed by atoms with E-state index >= 15 is 0 Å². The van der Waals surface area contributed by atoms with Gasteiger partial charge in [0.25, 0.3) is 0 Å². The van der Waals surface area contributed by atoms with Crippen molar-refractivity contribution in [3.8, 4) is 5.75 Å². The van der Waals surface area contributed by atoms with Gasteiger partial charge < -0.3 is 10.5 Å². The van der Waals surface area contributed by atoms with Gasteiger partial charge >= 0.3 is 0 Å². The standard InChI is InChI=1S/C16H26N2O/c1-12(2)11-19-15-6-4-14(5-7-15)9-18-8-13(3)16(17)10-18/h4-7,12-13,16H,8-11,17H2,1-3H3. The molecule has 3 heteroatoms. The van der Waals surface area contributed by atoms with E-state index < -0.39 is 0 Å². The summed E-state index contributed by atoms with van der Waals surface area (Å²) in [5.41, 5.74) is 7.38. The second kappa shape index (κ2) is 6.40. The number of hydrogen-bond donors (Lipinski definition) is 1. The van der Waals surface area contributed by atoms with Crippen LogP contribution in [0.4, 0.5) is 0 Å².